The molecule has 0 spiro atoms. The second-order valence-electron chi connectivity index (χ2n) is 19.2. The molecular weight excluding hydrogens is 879 g/mol. The molecule has 5 aromatic heterocycles. The number of rotatable bonds is 20. The minimum Gasteiger partial charge on any atom is -0.340 e. The average Bonchev–Trinajstić information content (AvgIpc) is 4.22. The summed E-state index contributed by atoms with van der Waals surface area (Å²) < 4.78 is 7.63. The van der Waals surface area contributed by atoms with Gasteiger partial charge in [0.2, 0.25) is 0 Å². The molecule has 11 rings (SSSR count). The van der Waals surface area contributed by atoms with Gasteiger partial charge < -0.3 is 13.7 Å². The molecule has 6 heteroatoms. The third-order valence-electron chi connectivity index (χ3n) is 14.7. The molecule has 0 radical (unpaired) electrons. The van der Waals surface area contributed by atoms with Crippen molar-refractivity contribution in [3.05, 3.63) is 144 Å². The standard InChI is InChI=1S/C63H63N3OS2/c1-4-7-10-19-34-64-55-25-16-13-22-47(55)52-37-43(28-31-58(52)64)50-40-46(42-67)68-63(50)61-41-51(44-29-32-59-53(38-44)48-23-14-17-26-56(48)65(59)35-20-11-8-5-2)62(69-61)45-30-33-60-54(39-45)49-24-15-18-27-57(49)66(60)36-21-12-9-6-3/h13-18,22-33,37-42H,4-12,19-21,34-36H2,1-3H3. The Morgan fingerprint density at radius 2 is 0.768 bits per heavy atom. The van der Waals surface area contributed by atoms with Crippen molar-refractivity contribution in [2.45, 2.75) is 117 Å². The van der Waals surface area contributed by atoms with E-state index >= 15 is 0 Å². The van der Waals surface area contributed by atoms with Gasteiger partial charge in [-0.1, -0.05) is 151 Å². The van der Waals surface area contributed by atoms with Gasteiger partial charge in [0.1, 0.15) is 0 Å². The van der Waals surface area contributed by atoms with Crippen LogP contribution in [0, 0.1) is 0 Å². The lowest BCUT2D eigenvalue weighted by atomic mass is 9.98. The van der Waals surface area contributed by atoms with Gasteiger partial charge >= 0.3 is 0 Å². The zero-order valence-corrected chi connectivity index (χ0v) is 42.2. The van der Waals surface area contributed by atoms with Crippen LogP contribution in [0.5, 0.6) is 0 Å². The van der Waals surface area contributed by atoms with Crippen molar-refractivity contribution in [3.8, 4) is 42.4 Å². The molecule has 0 aliphatic rings. The van der Waals surface area contributed by atoms with E-state index in [1.165, 1.54) is 169 Å². The Morgan fingerprint density at radius 3 is 1.20 bits per heavy atom. The molecule has 69 heavy (non-hydrogen) atoms. The Bertz CT molecular complexity index is 3480. The van der Waals surface area contributed by atoms with E-state index in [9.17, 15) is 4.79 Å². The summed E-state index contributed by atoms with van der Waals surface area (Å²) in [4.78, 5) is 17.1. The number of nitrogens with zero attached hydrogens (tertiary/aromatic N) is 3. The first-order chi connectivity index (χ1) is 34.1. The van der Waals surface area contributed by atoms with Crippen LogP contribution >= 0.6 is 22.7 Å². The number of benzene rings is 6. The van der Waals surface area contributed by atoms with Crippen molar-refractivity contribution in [2.75, 3.05) is 0 Å². The zero-order chi connectivity index (χ0) is 46.8. The molecular formula is C63H63N3OS2. The van der Waals surface area contributed by atoms with E-state index in [2.05, 4.69) is 174 Å². The fraction of sp³-hybridized carbons (Fsp3) is 0.286. The largest absolute Gasteiger partial charge is 0.340 e. The number of aldehydes is 1. The Morgan fingerprint density at radius 1 is 0.377 bits per heavy atom. The molecule has 348 valence electrons. The zero-order valence-electron chi connectivity index (χ0n) is 40.5. The highest BCUT2D eigenvalue weighted by Crippen LogP contribution is 2.50. The molecule has 0 atom stereocenters. The Balaban J connectivity index is 1.08. The summed E-state index contributed by atoms with van der Waals surface area (Å²) in [6.45, 7) is 9.91. The number of carbonyl (C=O) groups is 1. The van der Waals surface area contributed by atoms with Crippen molar-refractivity contribution in [2.24, 2.45) is 0 Å². The van der Waals surface area contributed by atoms with Crippen molar-refractivity contribution in [1.29, 1.82) is 0 Å². The SMILES string of the molecule is CCCCCCn1c2ccccc2c2cc(-c3cc(-c4sc(C=O)cc4-c4ccc5c(c4)c4ccccc4n5CCCCCC)sc3-c3ccc4c(c3)c3ccccc3n4CCCCCC)ccc21. The lowest BCUT2D eigenvalue weighted by Crippen LogP contribution is -1.97. The van der Waals surface area contributed by atoms with Crippen LogP contribution in [-0.4, -0.2) is 20.0 Å². The van der Waals surface area contributed by atoms with E-state index in [-0.39, 0.29) is 0 Å². The van der Waals surface area contributed by atoms with E-state index < -0.39 is 0 Å². The normalized spacial score (nSPS) is 12.0. The summed E-state index contributed by atoms with van der Waals surface area (Å²) >= 11 is 3.48. The maximum atomic E-state index is 12.8. The van der Waals surface area contributed by atoms with Gasteiger partial charge in [0.15, 0.2) is 6.29 Å². The van der Waals surface area contributed by atoms with Crippen LogP contribution in [-0.2, 0) is 19.6 Å². The first-order valence-corrected chi connectivity index (χ1v) is 27.5. The molecule has 0 bridgehead atoms. The van der Waals surface area contributed by atoms with Crippen molar-refractivity contribution < 1.29 is 4.79 Å². The van der Waals surface area contributed by atoms with E-state index in [4.69, 9.17) is 0 Å². The molecule has 0 unspecified atom stereocenters. The fourth-order valence-electron chi connectivity index (χ4n) is 11.2. The van der Waals surface area contributed by atoms with Crippen LogP contribution in [0.3, 0.4) is 0 Å². The molecule has 0 saturated carbocycles. The Hall–Kier alpha value is -6.21. The van der Waals surface area contributed by atoms with Gasteiger partial charge in [-0.3, -0.25) is 4.79 Å². The number of hydrogen-bond acceptors (Lipinski definition) is 3. The Kier molecular flexibility index (Phi) is 13.1. The maximum Gasteiger partial charge on any atom is 0.160 e. The average molecular weight is 942 g/mol. The number of fused-ring (bicyclic) bond motifs is 9. The van der Waals surface area contributed by atoms with Gasteiger partial charge in [-0.15, -0.1) is 22.7 Å². The highest BCUT2D eigenvalue weighted by Gasteiger charge is 2.23. The second kappa shape index (κ2) is 20.0. The highest BCUT2D eigenvalue weighted by molar-refractivity contribution is 7.25. The van der Waals surface area contributed by atoms with E-state index in [0.29, 0.717) is 0 Å². The van der Waals surface area contributed by atoms with Crippen molar-refractivity contribution >= 4 is 94.4 Å². The lowest BCUT2D eigenvalue weighted by Gasteiger charge is -2.09. The molecule has 6 aromatic carbocycles. The van der Waals surface area contributed by atoms with Gasteiger partial charge in [0, 0.05) is 106 Å². The number of carbonyl (C=O) groups excluding carboxylic acids is 1. The molecule has 0 aliphatic carbocycles. The van der Waals surface area contributed by atoms with Crippen LogP contribution in [0.1, 0.15) is 107 Å². The third-order valence-corrected chi connectivity index (χ3v) is 17.2. The van der Waals surface area contributed by atoms with Gasteiger partial charge in [0.05, 0.1) is 9.75 Å². The molecule has 0 aliphatic heterocycles. The van der Waals surface area contributed by atoms with Crippen LogP contribution < -0.4 is 0 Å². The van der Waals surface area contributed by atoms with Crippen molar-refractivity contribution in [1.82, 2.24) is 13.7 Å². The number of aromatic nitrogens is 3. The summed E-state index contributed by atoms with van der Waals surface area (Å²) in [5.74, 6) is 0. The van der Waals surface area contributed by atoms with Gasteiger partial charge in [0.25, 0.3) is 0 Å². The third kappa shape index (κ3) is 8.44. The first-order valence-electron chi connectivity index (χ1n) is 25.9. The molecule has 11 aromatic rings. The smallest absolute Gasteiger partial charge is 0.160 e. The predicted octanol–water partition coefficient (Wildman–Crippen LogP) is 19.4. The number of unbranched alkanes of at least 4 members (excludes halogenated alkanes) is 9. The molecule has 0 N–H and O–H groups in total. The lowest BCUT2D eigenvalue weighted by molar-refractivity contribution is 0.112. The van der Waals surface area contributed by atoms with E-state index in [1.807, 2.05) is 11.3 Å². The number of para-hydroxylation sites is 3. The van der Waals surface area contributed by atoms with E-state index in [0.717, 1.165) is 46.8 Å². The maximum absolute atomic E-state index is 12.8. The summed E-state index contributed by atoms with van der Waals surface area (Å²) in [6, 6.07) is 52.7. The van der Waals surface area contributed by atoms with E-state index in [1.54, 1.807) is 11.3 Å². The van der Waals surface area contributed by atoms with Crippen LogP contribution in [0.2, 0.25) is 0 Å². The highest BCUT2D eigenvalue weighted by atomic mass is 32.1. The minimum absolute atomic E-state index is 0.747. The fourth-order valence-corrected chi connectivity index (χ4v) is 13.5. The summed E-state index contributed by atoms with van der Waals surface area (Å²) in [5.41, 5.74) is 13.7. The molecule has 0 saturated heterocycles. The first kappa shape index (κ1) is 45.2. The van der Waals surface area contributed by atoms with Gasteiger partial charge in [-0.05, 0) is 103 Å². The Labute approximate surface area is 414 Å². The number of thiophene rings is 2. The van der Waals surface area contributed by atoms with Gasteiger partial charge in [-0.2, -0.15) is 0 Å². The molecule has 5 heterocycles. The molecule has 0 amide bonds. The molecule has 4 nitrogen and oxygen atoms in total. The summed E-state index contributed by atoms with van der Waals surface area (Å²) in [5, 5.41) is 7.78. The quantitative estimate of drug-likeness (QED) is 0.0553. The molecule has 0 fully saturated rings. The number of hydrogen-bond donors (Lipinski definition) is 0. The van der Waals surface area contributed by atoms with Crippen LogP contribution in [0.25, 0.3) is 108 Å². The number of aryl methyl sites for hydroxylation is 3. The van der Waals surface area contributed by atoms with Crippen molar-refractivity contribution in [3.63, 3.8) is 0 Å². The van der Waals surface area contributed by atoms with Crippen LogP contribution in [0.15, 0.2) is 140 Å². The monoisotopic (exact) mass is 941 g/mol. The second-order valence-corrected chi connectivity index (χ2v) is 21.4. The topological polar surface area (TPSA) is 31.9 Å². The van der Waals surface area contributed by atoms with Crippen LogP contribution in [0.4, 0.5) is 0 Å². The predicted molar refractivity (Wildman–Crippen MR) is 301 cm³/mol. The summed E-state index contributed by atoms with van der Waals surface area (Å²) in [7, 11) is 0. The van der Waals surface area contributed by atoms with Gasteiger partial charge in [-0.25, -0.2) is 0 Å². The summed E-state index contributed by atoms with van der Waals surface area (Å²) in [6.07, 6.45) is 15.8. The minimum atomic E-state index is 0.747.